The highest BCUT2D eigenvalue weighted by Gasteiger charge is 2.44. The molecule has 0 bridgehead atoms. The summed E-state index contributed by atoms with van der Waals surface area (Å²) >= 11 is 0. The summed E-state index contributed by atoms with van der Waals surface area (Å²) in [5.74, 6) is -2.29. The predicted octanol–water partition coefficient (Wildman–Crippen LogP) is 3.40. The van der Waals surface area contributed by atoms with E-state index in [0.717, 1.165) is 18.6 Å². The summed E-state index contributed by atoms with van der Waals surface area (Å²) in [6.45, 7) is 2.02. The van der Waals surface area contributed by atoms with E-state index in [1.54, 1.807) is 0 Å². The number of hydrogen-bond acceptors (Lipinski definition) is 1. The second kappa shape index (κ2) is 4.67. The lowest BCUT2D eigenvalue weighted by atomic mass is 9.79. The monoisotopic (exact) mass is 254 g/mol. The van der Waals surface area contributed by atoms with Crippen LogP contribution in [0.4, 0.5) is 8.78 Å². The van der Waals surface area contributed by atoms with Gasteiger partial charge in [0.05, 0.1) is 5.41 Å². The van der Waals surface area contributed by atoms with Gasteiger partial charge in [-0.3, -0.25) is 4.79 Å². The number of carboxylic acid groups (broad SMARTS) is 1. The standard InChI is InChI=1S/C14H16F2O2/c1-9-4-5-14(7-9,13(17)18)8-10-2-3-11(15)12(16)6-10/h2-3,6,9H,4-5,7-8H2,1H3,(H,17,18). The predicted molar refractivity (Wildman–Crippen MR) is 63.1 cm³/mol. The Morgan fingerprint density at radius 2 is 2.17 bits per heavy atom. The van der Waals surface area contributed by atoms with E-state index in [1.165, 1.54) is 6.07 Å². The number of hydrogen-bond donors (Lipinski definition) is 1. The first-order valence-electron chi connectivity index (χ1n) is 6.10. The highest BCUT2D eigenvalue weighted by Crippen LogP contribution is 2.44. The van der Waals surface area contributed by atoms with Gasteiger partial charge in [-0.2, -0.15) is 0 Å². The van der Waals surface area contributed by atoms with Crippen LogP contribution in [-0.4, -0.2) is 11.1 Å². The lowest BCUT2D eigenvalue weighted by molar-refractivity contribution is -0.148. The molecular formula is C14H16F2O2. The van der Waals surface area contributed by atoms with E-state index in [-0.39, 0.29) is 6.42 Å². The van der Waals surface area contributed by atoms with Gasteiger partial charge in [0, 0.05) is 0 Å². The van der Waals surface area contributed by atoms with Crippen molar-refractivity contribution in [2.24, 2.45) is 11.3 Å². The number of halogens is 2. The third kappa shape index (κ3) is 2.37. The van der Waals surface area contributed by atoms with Crippen LogP contribution in [0.25, 0.3) is 0 Å². The molecule has 1 aliphatic rings. The van der Waals surface area contributed by atoms with Gasteiger partial charge in [0.25, 0.3) is 0 Å². The van der Waals surface area contributed by atoms with Crippen molar-refractivity contribution in [1.29, 1.82) is 0 Å². The quantitative estimate of drug-likeness (QED) is 0.897. The van der Waals surface area contributed by atoms with E-state index in [4.69, 9.17) is 0 Å². The second-order valence-corrected chi connectivity index (χ2v) is 5.36. The number of aliphatic carboxylic acids is 1. The first-order valence-corrected chi connectivity index (χ1v) is 6.10. The molecule has 18 heavy (non-hydrogen) atoms. The number of carbonyl (C=O) groups is 1. The molecular weight excluding hydrogens is 238 g/mol. The highest BCUT2D eigenvalue weighted by molar-refractivity contribution is 5.75. The van der Waals surface area contributed by atoms with Gasteiger partial charge in [0.1, 0.15) is 0 Å². The molecule has 0 aliphatic heterocycles. The van der Waals surface area contributed by atoms with Crippen molar-refractivity contribution in [3.05, 3.63) is 35.4 Å². The zero-order valence-corrected chi connectivity index (χ0v) is 10.2. The summed E-state index contributed by atoms with van der Waals surface area (Å²) in [4.78, 5) is 11.5. The summed E-state index contributed by atoms with van der Waals surface area (Å²) in [5, 5.41) is 9.40. The molecule has 1 N–H and O–H groups in total. The van der Waals surface area contributed by atoms with Gasteiger partial charge in [-0.25, -0.2) is 8.78 Å². The first kappa shape index (κ1) is 13.0. The average molecular weight is 254 g/mol. The molecule has 98 valence electrons. The molecule has 4 heteroatoms. The number of rotatable bonds is 3. The van der Waals surface area contributed by atoms with Gasteiger partial charge in [-0.15, -0.1) is 0 Å². The average Bonchev–Trinajstić information content (AvgIpc) is 2.67. The minimum absolute atomic E-state index is 0.268. The molecule has 2 nitrogen and oxygen atoms in total. The Morgan fingerprint density at radius 1 is 1.44 bits per heavy atom. The van der Waals surface area contributed by atoms with Gasteiger partial charge in [-0.1, -0.05) is 13.0 Å². The van der Waals surface area contributed by atoms with E-state index in [9.17, 15) is 18.7 Å². The van der Waals surface area contributed by atoms with Gasteiger partial charge >= 0.3 is 5.97 Å². The van der Waals surface area contributed by atoms with Gasteiger partial charge in [0.2, 0.25) is 0 Å². The van der Waals surface area contributed by atoms with Gasteiger partial charge in [-0.05, 0) is 49.3 Å². The molecule has 2 unspecified atom stereocenters. The zero-order valence-electron chi connectivity index (χ0n) is 10.2. The van der Waals surface area contributed by atoms with Crippen LogP contribution in [0.1, 0.15) is 31.7 Å². The minimum atomic E-state index is -0.918. The van der Waals surface area contributed by atoms with Crippen LogP contribution in [0.15, 0.2) is 18.2 Å². The van der Waals surface area contributed by atoms with E-state index in [1.807, 2.05) is 6.92 Å². The number of carboxylic acids is 1. The van der Waals surface area contributed by atoms with Crippen molar-refractivity contribution >= 4 is 5.97 Å². The SMILES string of the molecule is CC1CCC(Cc2ccc(F)c(F)c2)(C(=O)O)C1. The molecule has 0 saturated heterocycles. The zero-order chi connectivity index (χ0) is 13.3. The molecule has 1 saturated carbocycles. The van der Waals surface area contributed by atoms with Crippen LogP contribution >= 0.6 is 0 Å². The van der Waals surface area contributed by atoms with Crippen LogP contribution in [0.2, 0.25) is 0 Å². The van der Waals surface area contributed by atoms with Gasteiger partial charge < -0.3 is 5.11 Å². The van der Waals surface area contributed by atoms with E-state index >= 15 is 0 Å². The fraction of sp³-hybridized carbons (Fsp3) is 0.500. The van der Waals surface area contributed by atoms with E-state index in [0.29, 0.717) is 24.3 Å². The Balaban J connectivity index is 2.24. The maximum absolute atomic E-state index is 13.1. The summed E-state index contributed by atoms with van der Waals surface area (Å²) in [6.07, 6.45) is 2.34. The fourth-order valence-electron chi connectivity index (χ4n) is 2.86. The summed E-state index contributed by atoms with van der Waals surface area (Å²) in [7, 11) is 0. The fourth-order valence-corrected chi connectivity index (χ4v) is 2.86. The summed E-state index contributed by atoms with van der Waals surface area (Å²) in [5.41, 5.74) is -0.269. The molecule has 0 amide bonds. The Kier molecular flexibility index (Phi) is 3.37. The van der Waals surface area contributed by atoms with Crippen LogP contribution in [0, 0.1) is 23.0 Å². The lowest BCUT2D eigenvalue weighted by Gasteiger charge is -2.24. The molecule has 0 radical (unpaired) electrons. The summed E-state index contributed by atoms with van der Waals surface area (Å²) < 4.78 is 26.0. The van der Waals surface area contributed by atoms with Crippen LogP contribution in [0.3, 0.4) is 0 Å². The summed E-state index contributed by atoms with van der Waals surface area (Å²) in [6, 6.07) is 3.62. The lowest BCUT2D eigenvalue weighted by Crippen LogP contribution is -2.30. The third-order valence-corrected chi connectivity index (χ3v) is 3.84. The van der Waals surface area contributed by atoms with E-state index < -0.39 is 23.0 Å². The largest absolute Gasteiger partial charge is 0.481 e. The molecule has 0 heterocycles. The Morgan fingerprint density at radius 3 is 2.67 bits per heavy atom. The van der Waals surface area contributed by atoms with Crippen molar-refractivity contribution in [3.8, 4) is 0 Å². The Hall–Kier alpha value is -1.45. The van der Waals surface area contributed by atoms with Gasteiger partial charge in [0.15, 0.2) is 11.6 Å². The van der Waals surface area contributed by atoms with E-state index in [2.05, 4.69) is 0 Å². The van der Waals surface area contributed by atoms with Crippen LogP contribution in [-0.2, 0) is 11.2 Å². The topological polar surface area (TPSA) is 37.3 Å². The van der Waals surface area contributed by atoms with Crippen molar-refractivity contribution in [1.82, 2.24) is 0 Å². The maximum atomic E-state index is 13.1. The molecule has 1 aromatic rings. The molecule has 1 fully saturated rings. The Bertz CT molecular complexity index is 473. The number of benzene rings is 1. The second-order valence-electron chi connectivity index (χ2n) is 5.36. The molecule has 0 aromatic heterocycles. The van der Waals surface area contributed by atoms with Crippen molar-refractivity contribution in [3.63, 3.8) is 0 Å². The van der Waals surface area contributed by atoms with Crippen molar-refractivity contribution < 1.29 is 18.7 Å². The van der Waals surface area contributed by atoms with Crippen molar-refractivity contribution in [2.45, 2.75) is 32.6 Å². The Labute approximate surface area is 105 Å². The van der Waals surface area contributed by atoms with Crippen LogP contribution in [0.5, 0.6) is 0 Å². The molecule has 2 atom stereocenters. The first-order chi connectivity index (χ1) is 8.43. The van der Waals surface area contributed by atoms with Crippen molar-refractivity contribution in [2.75, 3.05) is 0 Å². The smallest absolute Gasteiger partial charge is 0.309 e. The molecule has 1 aromatic carbocycles. The normalized spacial score (nSPS) is 27.4. The molecule has 0 spiro atoms. The molecule has 1 aliphatic carbocycles. The minimum Gasteiger partial charge on any atom is -0.481 e. The molecule has 2 rings (SSSR count). The maximum Gasteiger partial charge on any atom is 0.309 e. The third-order valence-electron chi connectivity index (χ3n) is 3.84. The van der Waals surface area contributed by atoms with Crippen LogP contribution < -0.4 is 0 Å². The highest BCUT2D eigenvalue weighted by atomic mass is 19.2.